The minimum absolute atomic E-state index is 0.212. The first-order chi connectivity index (χ1) is 12.6. The number of carbonyl (C=O) groups excluding carboxylic acids is 2. The first-order valence-corrected chi connectivity index (χ1v) is 9.81. The molecule has 3 rings (SSSR count). The number of nitrogens with one attached hydrogen (secondary N) is 1. The highest BCUT2D eigenvalue weighted by molar-refractivity contribution is 8.00. The van der Waals surface area contributed by atoms with E-state index in [-0.39, 0.29) is 24.2 Å². The molecule has 0 unspecified atom stereocenters. The van der Waals surface area contributed by atoms with Crippen molar-refractivity contribution in [2.45, 2.75) is 37.6 Å². The van der Waals surface area contributed by atoms with E-state index in [0.717, 1.165) is 23.3 Å². The summed E-state index contributed by atoms with van der Waals surface area (Å²) in [6, 6.07) is 14.3. The minimum atomic E-state index is -0.374. The van der Waals surface area contributed by atoms with E-state index < -0.39 is 0 Å². The second-order valence-corrected chi connectivity index (χ2v) is 7.54. The number of ether oxygens (including phenoxy) is 1. The Morgan fingerprint density at radius 1 is 1.08 bits per heavy atom. The molecule has 0 radical (unpaired) electrons. The van der Waals surface area contributed by atoms with Crippen molar-refractivity contribution in [2.24, 2.45) is 0 Å². The van der Waals surface area contributed by atoms with E-state index in [2.05, 4.69) is 23.5 Å². The highest BCUT2D eigenvalue weighted by Gasteiger charge is 2.12. The first kappa shape index (κ1) is 18.5. The van der Waals surface area contributed by atoms with Gasteiger partial charge in [0.05, 0.1) is 5.75 Å². The highest BCUT2D eigenvalue weighted by Crippen LogP contribution is 2.27. The van der Waals surface area contributed by atoms with Crippen molar-refractivity contribution in [3.63, 3.8) is 0 Å². The molecular formula is C21H23NO3S. The summed E-state index contributed by atoms with van der Waals surface area (Å²) in [5, 5.41) is 2.75. The Bertz CT molecular complexity index is 786. The van der Waals surface area contributed by atoms with E-state index in [0.29, 0.717) is 6.54 Å². The Morgan fingerprint density at radius 2 is 1.85 bits per heavy atom. The third-order valence-corrected chi connectivity index (χ3v) is 5.37. The summed E-state index contributed by atoms with van der Waals surface area (Å²) in [5.74, 6) is -0.452. The highest BCUT2D eigenvalue weighted by atomic mass is 32.2. The number of hydrogen-bond acceptors (Lipinski definition) is 4. The Balaban J connectivity index is 1.35. The average molecular weight is 369 g/mol. The van der Waals surface area contributed by atoms with Crippen molar-refractivity contribution >= 4 is 23.6 Å². The molecule has 1 aliphatic carbocycles. The van der Waals surface area contributed by atoms with E-state index in [9.17, 15) is 9.59 Å². The number of rotatable bonds is 7. The van der Waals surface area contributed by atoms with Gasteiger partial charge in [-0.2, -0.15) is 0 Å². The monoisotopic (exact) mass is 369 g/mol. The van der Waals surface area contributed by atoms with Crippen molar-refractivity contribution in [1.82, 2.24) is 5.32 Å². The fraction of sp³-hybridized carbons (Fsp3) is 0.333. The molecule has 1 amide bonds. The lowest BCUT2D eigenvalue weighted by Crippen LogP contribution is -2.28. The zero-order valence-corrected chi connectivity index (χ0v) is 15.7. The number of esters is 1. The molecule has 2 aromatic carbocycles. The maximum absolute atomic E-state index is 11.8. The second-order valence-electron chi connectivity index (χ2n) is 6.50. The minimum Gasteiger partial charge on any atom is -0.455 e. The number of carbonyl (C=O) groups is 2. The van der Waals surface area contributed by atoms with Gasteiger partial charge in [-0.15, -0.1) is 11.8 Å². The number of fused-ring (bicyclic) bond motifs is 1. The molecule has 1 N–H and O–H groups in total. The summed E-state index contributed by atoms with van der Waals surface area (Å²) >= 11 is 1.45. The molecule has 0 aliphatic heterocycles. The molecule has 26 heavy (non-hydrogen) atoms. The van der Waals surface area contributed by atoms with Gasteiger partial charge >= 0.3 is 5.97 Å². The fourth-order valence-corrected chi connectivity index (χ4v) is 3.68. The zero-order chi connectivity index (χ0) is 18.4. The molecule has 0 saturated heterocycles. The predicted octanol–water partition coefficient (Wildman–Crippen LogP) is 3.44. The van der Waals surface area contributed by atoms with E-state index in [4.69, 9.17) is 4.74 Å². The van der Waals surface area contributed by atoms with E-state index in [1.807, 2.05) is 31.2 Å². The quantitative estimate of drug-likeness (QED) is 0.600. The SMILES string of the molecule is Cc1ccc(CNC(=O)COC(=O)CSc2ccc3c(c2)CCC3)cc1. The van der Waals surface area contributed by atoms with Crippen LogP contribution in [0.2, 0.25) is 0 Å². The Hall–Kier alpha value is -2.27. The maximum atomic E-state index is 11.8. The molecule has 5 heteroatoms. The van der Waals surface area contributed by atoms with Gasteiger partial charge in [-0.25, -0.2) is 0 Å². The van der Waals surface area contributed by atoms with Crippen molar-refractivity contribution in [3.8, 4) is 0 Å². The second kappa shape index (κ2) is 8.90. The van der Waals surface area contributed by atoms with Gasteiger partial charge in [0.2, 0.25) is 0 Å². The third-order valence-electron chi connectivity index (χ3n) is 4.40. The molecule has 0 fully saturated rings. The maximum Gasteiger partial charge on any atom is 0.316 e. The van der Waals surface area contributed by atoms with Gasteiger partial charge in [0.15, 0.2) is 6.61 Å². The number of thioether (sulfide) groups is 1. The Morgan fingerprint density at radius 3 is 2.65 bits per heavy atom. The summed E-state index contributed by atoms with van der Waals surface area (Å²) in [4.78, 5) is 24.7. The van der Waals surface area contributed by atoms with Gasteiger partial charge in [0.25, 0.3) is 5.91 Å². The molecule has 0 bridgehead atoms. The van der Waals surface area contributed by atoms with E-state index in [1.54, 1.807) is 0 Å². The van der Waals surface area contributed by atoms with Crippen LogP contribution in [0.5, 0.6) is 0 Å². The van der Waals surface area contributed by atoms with Crippen LogP contribution in [0, 0.1) is 6.92 Å². The van der Waals surface area contributed by atoms with Crippen molar-refractivity contribution in [3.05, 3.63) is 64.7 Å². The molecule has 1 aliphatic rings. The third kappa shape index (κ3) is 5.36. The lowest BCUT2D eigenvalue weighted by Gasteiger charge is -2.08. The molecule has 0 heterocycles. The largest absolute Gasteiger partial charge is 0.455 e. The van der Waals surface area contributed by atoms with Gasteiger partial charge in [0, 0.05) is 11.4 Å². The molecule has 0 aromatic heterocycles. The van der Waals surface area contributed by atoms with Gasteiger partial charge in [-0.3, -0.25) is 9.59 Å². The zero-order valence-electron chi connectivity index (χ0n) is 14.9. The summed E-state index contributed by atoms with van der Waals surface area (Å²) in [6.45, 7) is 2.21. The van der Waals surface area contributed by atoms with Crippen molar-refractivity contribution in [1.29, 1.82) is 0 Å². The number of aryl methyl sites for hydroxylation is 3. The summed E-state index contributed by atoms with van der Waals surface area (Å²) < 4.78 is 5.05. The van der Waals surface area contributed by atoms with E-state index >= 15 is 0 Å². The van der Waals surface area contributed by atoms with Gasteiger partial charge < -0.3 is 10.1 Å². The van der Waals surface area contributed by atoms with Crippen LogP contribution in [0.1, 0.15) is 28.7 Å². The van der Waals surface area contributed by atoms with Crippen LogP contribution in [0.15, 0.2) is 47.4 Å². The van der Waals surface area contributed by atoms with Crippen LogP contribution in [-0.4, -0.2) is 24.2 Å². The summed E-state index contributed by atoms with van der Waals surface area (Å²) in [7, 11) is 0. The van der Waals surface area contributed by atoms with E-state index in [1.165, 1.54) is 34.9 Å². The van der Waals surface area contributed by atoms with Crippen LogP contribution in [0.3, 0.4) is 0 Å². The number of amides is 1. The normalized spacial score (nSPS) is 12.5. The predicted molar refractivity (Wildman–Crippen MR) is 103 cm³/mol. The standard InChI is InChI=1S/C21H23NO3S/c1-15-5-7-16(8-6-15)12-22-20(23)13-25-21(24)14-26-19-10-9-17-3-2-4-18(17)11-19/h5-11H,2-4,12-14H2,1H3,(H,22,23). The molecule has 2 aromatic rings. The molecular weight excluding hydrogens is 346 g/mol. The van der Waals surface area contributed by atoms with Crippen LogP contribution < -0.4 is 5.32 Å². The van der Waals surface area contributed by atoms with Crippen LogP contribution in [0.25, 0.3) is 0 Å². The Kier molecular flexibility index (Phi) is 6.34. The van der Waals surface area contributed by atoms with Gasteiger partial charge in [0.1, 0.15) is 0 Å². The van der Waals surface area contributed by atoms with Gasteiger partial charge in [-0.1, -0.05) is 35.9 Å². The molecule has 0 saturated carbocycles. The topological polar surface area (TPSA) is 55.4 Å². The molecule has 136 valence electrons. The number of hydrogen-bond donors (Lipinski definition) is 1. The van der Waals surface area contributed by atoms with Crippen molar-refractivity contribution in [2.75, 3.05) is 12.4 Å². The fourth-order valence-electron chi connectivity index (χ4n) is 2.93. The Labute approximate surface area is 158 Å². The smallest absolute Gasteiger partial charge is 0.316 e. The van der Waals surface area contributed by atoms with Crippen LogP contribution >= 0.6 is 11.8 Å². The van der Waals surface area contributed by atoms with Crippen LogP contribution in [-0.2, 0) is 33.7 Å². The lowest BCUT2D eigenvalue weighted by molar-refractivity contribution is -0.145. The van der Waals surface area contributed by atoms with Gasteiger partial charge in [-0.05, 0) is 55.0 Å². The first-order valence-electron chi connectivity index (χ1n) is 8.82. The number of benzene rings is 2. The van der Waals surface area contributed by atoms with Crippen molar-refractivity contribution < 1.29 is 14.3 Å². The average Bonchev–Trinajstić information content (AvgIpc) is 3.12. The molecule has 0 atom stereocenters. The lowest BCUT2D eigenvalue weighted by atomic mass is 10.1. The summed E-state index contributed by atoms with van der Waals surface area (Å²) in [6.07, 6.45) is 3.48. The summed E-state index contributed by atoms with van der Waals surface area (Å²) in [5.41, 5.74) is 5.00. The van der Waals surface area contributed by atoms with Crippen LogP contribution in [0.4, 0.5) is 0 Å². The molecule has 4 nitrogen and oxygen atoms in total. The molecule has 0 spiro atoms.